The summed E-state index contributed by atoms with van der Waals surface area (Å²) in [5, 5.41) is 9.95. The first kappa shape index (κ1) is 17.3. The lowest BCUT2D eigenvalue weighted by molar-refractivity contribution is 0.235. The van der Waals surface area contributed by atoms with Crippen LogP contribution >= 0.6 is 0 Å². The molecule has 0 bridgehead atoms. The van der Waals surface area contributed by atoms with Crippen molar-refractivity contribution in [3.8, 4) is 0 Å². The number of anilines is 1. The molecule has 2 N–H and O–H groups in total. The van der Waals surface area contributed by atoms with Crippen LogP contribution in [0.3, 0.4) is 0 Å². The maximum absolute atomic E-state index is 12.2. The van der Waals surface area contributed by atoms with Gasteiger partial charge in [0.05, 0.1) is 6.54 Å². The van der Waals surface area contributed by atoms with Crippen LogP contribution in [0.25, 0.3) is 0 Å². The van der Waals surface area contributed by atoms with Crippen LogP contribution in [-0.2, 0) is 13.1 Å². The molecule has 1 fully saturated rings. The molecular weight excluding hydrogens is 316 g/mol. The molecule has 0 saturated carbocycles. The molecule has 7 heteroatoms. The number of benzene rings is 1. The van der Waals surface area contributed by atoms with Crippen molar-refractivity contribution in [1.29, 1.82) is 0 Å². The first-order valence-corrected chi connectivity index (χ1v) is 8.92. The summed E-state index contributed by atoms with van der Waals surface area (Å²) in [6, 6.07) is 8.13. The minimum atomic E-state index is -0.166. The van der Waals surface area contributed by atoms with Crippen molar-refractivity contribution < 1.29 is 4.79 Å². The van der Waals surface area contributed by atoms with E-state index >= 15 is 0 Å². The Kier molecular flexibility index (Phi) is 5.87. The van der Waals surface area contributed by atoms with E-state index in [1.165, 1.54) is 31.3 Å². The zero-order valence-electron chi connectivity index (χ0n) is 14.7. The molecule has 0 spiro atoms. The number of aromatic nitrogens is 3. The molecule has 0 unspecified atom stereocenters. The van der Waals surface area contributed by atoms with E-state index in [0.29, 0.717) is 13.1 Å². The van der Waals surface area contributed by atoms with Gasteiger partial charge >= 0.3 is 6.03 Å². The van der Waals surface area contributed by atoms with E-state index in [4.69, 9.17) is 0 Å². The molecule has 1 aliphatic heterocycles. The van der Waals surface area contributed by atoms with Crippen LogP contribution < -0.4 is 15.5 Å². The molecular formula is C18H26N6O. The molecule has 0 aliphatic carbocycles. The minimum absolute atomic E-state index is 0.0287. The molecule has 1 aliphatic rings. The SMILES string of the molecule is C[C@@H](Cn1cncn1)NC(=O)NCc1ccccc1N1CCCCC1. The number of carbonyl (C=O) groups excluding carboxylic acids is 1. The number of amides is 2. The lowest BCUT2D eigenvalue weighted by atomic mass is 10.1. The van der Waals surface area contributed by atoms with Gasteiger partial charge in [-0.3, -0.25) is 4.68 Å². The number of hydrogen-bond donors (Lipinski definition) is 2. The minimum Gasteiger partial charge on any atom is -0.371 e. The second kappa shape index (κ2) is 8.50. The Labute approximate surface area is 148 Å². The van der Waals surface area contributed by atoms with E-state index in [9.17, 15) is 4.79 Å². The van der Waals surface area contributed by atoms with Gasteiger partial charge in [0.1, 0.15) is 12.7 Å². The highest BCUT2D eigenvalue weighted by molar-refractivity contribution is 5.74. The molecule has 2 amide bonds. The van der Waals surface area contributed by atoms with Gasteiger partial charge in [-0.2, -0.15) is 5.10 Å². The maximum atomic E-state index is 12.2. The lowest BCUT2D eigenvalue weighted by Gasteiger charge is -2.30. The van der Waals surface area contributed by atoms with Crippen LogP contribution in [0.5, 0.6) is 0 Å². The Balaban J connectivity index is 1.51. The number of urea groups is 1. The standard InChI is InChI=1S/C18H26N6O/c1-15(12-24-14-19-13-21-24)22-18(25)20-11-16-7-3-4-8-17(16)23-9-5-2-6-10-23/h3-4,7-8,13-15H,2,5-6,9-12H2,1H3,(H2,20,22,25)/t15-/m0/s1. The smallest absolute Gasteiger partial charge is 0.315 e. The van der Waals surface area contributed by atoms with E-state index in [1.807, 2.05) is 13.0 Å². The van der Waals surface area contributed by atoms with Crippen molar-refractivity contribution >= 4 is 11.7 Å². The second-order valence-corrected chi connectivity index (χ2v) is 6.52. The summed E-state index contributed by atoms with van der Waals surface area (Å²) in [5.74, 6) is 0. The Hall–Kier alpha value is -2.57. The summed E-state index contributed by atoms with van der Waals surface area (Å²) in [6.45, 7) is 5.26. The number of nitrogens with one attached hydrogen (secondary N) is 2. The number of para-hydroxylation sites is 1. The van der Waals surface area contributed by atoms with Gasteiger partial charge in [-0.05, 0) is 37.8 Å². The van der Waals surface area contributed by atoms with Gasteiger partial charge in [0.25, 0.3) is 0 Å². The van der Waals surface area contributed by atoms with E-state index in [0.717, 1.165) is 18.7 Å². The lowest BCUT2D eigenvalue weighted by Crippen LogP contribution is -2.42. The van der Waals surface area contributed by atoms with Crippen LogP contribution in [0.2, 0.25) is 0 Å². The van der Waals surface area contributed by atoms with Gasteiger partial charge in [-0.1, -0.05) is 18.2 Å². The predicted molar refractivity (Wildman–Crippen MR) is 97.4 cm³/mol. The monoisotopic (exact) mass is 342 g/mol. The number of piperidine rings is 1. The van der Waals surface area contributed by atoms with Crippen LogP contribution in [0.15, 0.2) is 36.9 Å². The summed E-state index contributed by atoms with van der Waals surface area (Å²) in [4.78, 5) is 18.5. The first-order chi connectivity index (χ1) is 12.2. The summed E-state index contributed by atoms with van der Waals surface area (Å²) in [7, 11) is 0. The van der Waals surface area contributed by atoms with E-state index in [1.54, 1.807) is 11.0 Å². The normalized spacial score (nSPS) is 15.6. The van der Waals surface area contributed by atoms with Crippen LogP contribution in [0.1, 0.15) is 31.7 Å². The van der Waals surface area contributed by atoms with Gasteiger partial charge < -0.3 is 15.5 Å². The fraction of sp³-hybridized carbons (Fsp3) is 0.500. The largest absolute Gasteiger partial charge is 0.371 e. The van der Waals surface area contributed by atoms with Gasteiger partial charge in [-0.25, -0.2) is 9.78 Å². The average molecular weight is 342 g/mol. The topological polar surface area (TPSA) is 75.1 Å². The van der Waals surface area contributed by atoms with Crippen molar-refractivity contribution in [1.82, 2.24) is 25.4 Å². The van der Waals surface area contributed by atoms with Crippen LogP contribution in [0, 0.1) is 0 Å². The highest BCUT2D eigenvalue weighted by atomic mass is 16.2. The summed E-state index contributed by atoms with van der Waals surface area (Å²) in [6.07, 6.45) is 6.92. The molecule has 1 aromatic heterocycles. The van der Waals surface area contributed by atoms with Crippen molar-refractivity contribution in [2.45, 2.75) is 45.3 Å². The average Bonchev–Trinajstić information content (AvgIpc) is 3.14. The predicted octanol–water partition coefficient (Wildman–Crippen LogP) is 2.16. The van der Waals surface area contributed by atoms with Gasteiger partial charge in [0.2, 0.25) is 0 Å². The Morgan fingerprint density at radius 2 is 2.04 bits per heavy atom. The molecule has 0 radical (unpaired) electrons. The Bertz CT molecular complexity index is 666. The molecule has 2 heterocycles. The molecule has 25 heavy (non-hydrogen) atoms. The quantitative estimate of drug-likeness (QED) is 0.843. The third kappa shape index (κ3) is 4.95. The van der Waals surface area contributed by atoms with E-state index in [-0.39, 0.29) is 12.1 Å². The van der Waals surface area contributed by atoms with Crippen LogP contribution in [-0.4, -0.2) is 39.9 Å². The Morgan fingerprint density at radius 1 is 1.24 bits per heavy atom. The molecule has 3 rings (SSSR count). The first-order valence-electron chi connectivity index (χ1n) is 8.92. The van der Waals surface area contributed by atoms with Crippen molar-refractivity contribution in [2.24, 2.45) is 0 Å². The third-order valence-electron chi connectivity index (χ3n) is 4.43. The molecule has 7 nitrogen and oxygen atoms in total. The van der Waals surface area contributed by atoms with E-state index in [2.05, 4.69) is 43.8 Å². The summed E-state index contributed by atoms with van der Waals surface area (Å²) >= 11 is 0. The fourth-order valence-electron chi connectivity index (χ4n) is 3.21. The van der Waals surface area contributed by atoms with Crippen molar-refractivity contribution in [3.63, 3.8) is 0 Å². The zero-order chi connectivity index (χ0) is 17.5. The Morgan fingerprint density at radius 3 is 2.80 bits per heavy atom. The number of rotatable bonds is 6. The maximum Gasteiger partial charge on any atom is 0.315 e. The highest BCUT2D eigenvalue weighted by Crippen LogP contribution is 2.23. The zero-order valence-corrected chi connectivity index (χ0v) is 14.7. The highest BCUT2D eigenvalue weighted by Gasteiger charge is 2.15. The summed E-state index contributed by atoms with van der Waals surface area (Å²) < 4.78 is 1.70. The van der Waals surface area contributed by atoms with Gasteiger partial charge in [0.15, 0.2) is 0 Å². The molecule has 1 aromatic carbocycles. The molecule has 2 aromatic rings. The third-order valence-corrected chi connectivity index (χ3v) is 4.43. The number of hydrogen-bond acceptors (Lipinski definition) is 4. The van der Waals surface area contributed by atoms with E-state index < -0.39 is 0 Å². The number of nitrogens with zero attached hydrogens (tertiary/aromatic N) is 4. The van der Waals surface area contributed by atoms with Crippen molar-refractivity contribution in [3.05, 3.63) is 42.5 Å². The van der Waals surface area contributed by atoms with Gasteiger partial charge in [-0.15, -0.1) is 0 Å². The van der Waals surface area contributed by atoms with Crippen LogP contribution in [0.4, 0.5) is 10.5 Å². The molecule has 1 saturated heterocycles. The second-order valence-electron chi connectivity index (χ2n) is 6.52. The fourth-order valence-corrected chi connectivity index (χ4v) is 3.21. The van der Waals surface area contributed by atoms with Gasteiger partial charge in [0, 0.05) is 31.4 Å². The van der Waals surface area contributed by atoms with Crippen molar-refractivity contribution in [2.75, 3.05) is 18.0 Å². The molecule has 1 atom stereocenters. The molecule has 134 valence electrons. The summed E-state index contributed by atoms with van der Waals surface area (Å²) in [5.41, 5.74) is 2.39. The number of carbonyl (C=O) groups is 1.